The van der Waals surface area contributed by atoms with E-state index in [0.717, 1.165) is 68.1 Å². The van der Waals surface area contributed by atoms with Crippen LogP contribution in [0.3, 0.4) is 0 Å². The third-order valence-corrected chi connectivity index (χ3v) is 6.77. The molecule has 0 bridgehead atoms. The van der Waals surface area contributed by atoms with Crippen molar-refractivity contribution in [1.29, 1.82) is 0 Å². The van der Waals surface area contributed by atoms with Crippen LogP contribution in [0.1, 0.15) is 41.8 Å². The number of fused-ring (bicyclic) bond motifs is 2. The van der Waals surface area contributed by atoms with Gasteiger partial charge in [-0.1, -0.05) is 18.2 Å². The van der Waals surface area contributed by atoms with Crippen molar-refractivity contribution in [3.05, 3.63) is 84.0 Å². The van der Waals surface area contributed by atoms with E-state index < -0.39 is 0 Å². The van der Waals surface area contributed by atoms with Crippen LogP contribution in [0, 0.1) is 26.6 Å². The van der Waals surface area contributed by atoms with Crippen molar-refractivity contribution in [3.63, 3.8) is 0 Å². The lowest BCUT2D eigenvalue weighted by Gasteiger charge is -2.10. The summed E-state index contributed by atoms with van der Waals surface area (Å²) < 4.78 is 16.9. The maximum atomic E-state index is 13.9. The predicted octanol–water partition coefficient (Wildman–Crippen LogP) is 7.60. The number of hydrogen-bond acceptors (Lipinski definition) is 3. The Kier molecular flexibility index (Phi) is 5.88. The number of thiophene rings is 1. The van der Waals surface area contributed by atoms with Crippen LogP contribution in [0.5, 0.6) is 0 Å². The van der Waals surface area contributed by atoms with Gasteiger partial charge < -0.3 is 0 Å². The maximum absolute atomic E-state index is 13.9. The van der Waals surface area contributed by atoms with E-state index in [4.69, 9.17) is 10.1 Å². The van der Waals surface area contributed by atoms with Gasteiger partial charge in [-0.05, 0) is 80.8 Å². The number of halogens is 1. The van der Waals surface area contributed by atoms with Crippen molar-refractivity contribution in [1.82, 2.24) is 14.6 Å². The molecular weight excluding hydrogens is 405 g/mol. The molecule has 0 saturated heterocycles. The fourth-order valence-corrected chi connectivity index (χ4v) is 5.27. The Morgan fingerprint density at radius 1 is 1.16 bits per heavy atom. The zero-order valence-electron chi connectivity index (χ0n) is 18.2. The molecule has 0 spiro atoms. The Hall–Kier alpha value is -3.05. The second-order valence-corrected chi connectivity index (χ2v) is 8.81. The summed E-state index contributed by atoms with van der Waals surface area (Å²) in [5, 5.41) is 5.77. The fourth-order valence-electron chi connectivity index (χ4n) is 4.00. The molecule has 3 heterocycles. The van der Waals surface area contributed by atoms with Crippen molar-refractivity contribution >= 4 is 32.6 Å². The molecule has 0 aliphatic rings. The smallest absolute Gasteiger partial charge is 0.162 e. The second-order valence-electron chi connectivity index (χ2n) is 7.76. The lowest BCUT2D eigenvalue weighted by atomic mass is 10.0. The second kappa shape index (κ2) is 8.60. The summed E-state index contributed by atoms with van der Waals surface area (Å²) in [4.78, 5) is 6.02. The number of aryl methyl sites for hydroxylation is 3. The molecule has 3 aromatic heterocycles. The van der Waals surface area contributed by atoms with Gasteiger partial charge in [-0.2, -0.15) is 5.10 Å². The van der Waals surface area contributed by atoms with E-state index in [2.05, 4.69) is 25.3 Å². The average molecular weight is 432 g/mol. The molecule has 0 aliphatic carbocycles. The highest BCUT2D eigenvalue weighted by atomic mass is 32.1. The molecule has 0 saturated carbocycles. The average Bonchev–Trinajstić information content (AvgIpc) is 3.23. The molecule has 31 heavy (non-hydrogen) atoms. The molecule has 0 aliphatic heterocycles. The van der Waals surface area contributed by atoms with Crippen LogP contribution >= 0.6 is 11.3 Å². The minimum absolute atomic E-state index is 0.217. The summed E-state index contributed by atoms with van der Waals surface area (Å²) >= 11 is 1.66. The van der Waals surface area contributed by atoms with E-state index in [1.807, 2.05) is 43.5 Å². The Morgan fingerprint density at radius 2 is 1.97 bits per heavy atom. The number of nitrogens with zero attached hydrogens (tertiary/aromatic N) is 3. The predicted molar refractivity (Wildman–Crippen MR) is 130 cm³/mol. The first-order valence-corrected chi connectivity index (χ1v) is 11.2. The quantitative estimate of drug-likeness (QED) is 0.282. The van der Waals surface area contributed by atoms with Gasteiger partial charge in [-0.3, -0.25) is 0 Å². The SMILES string of the molecule is C=CC/C=C(/CCC=C)c1cc(C)nn2c(-c3sc4ccc(F)cc4c3C)c(C)nc12. The van der Waals surface area contributed by atoms with Crippen LogP contribution in [0.15, 0.2) is 55.7 Å². The van der Waals surface area contributed by atoms with Gasteiger partial charge in [-0.15, -0.1) is 24.5 Å². The van der Waals surface area contributed by atoms with Crippen molar-refractivity contribution in [2.24, 2.45) is 0 Å². The third-order valence-electron chi connectivity index (χ3n) is 5.49. The van der Waals surface area contributed by atoms with Crippen LogP contribution < -0.4 is 0 Å². The molecule has 4 aromatic rings. The molecule has 5 heteroatoms. The number of benzene rings is 1. The van der Waals surface area contributed by atoms with E-state index in [-0.39, 0.29) is 5.82 Å². The molecule has 0 amide bonds. The molecule has 0 unspecified atom stereocenters. The summed E-state index contributed by atoms with van der Waals surface area (Å²) in [6.45, 7) is 13.8. The molecule has 0 N–H and O–H groups in total. The molecule has 3 nitrogen and oxygen atoms in total. The van der Waals surface area contributed by atoms with Gasteiger partial charge in [0.05, 0.1) is 16.3 Å². The minimum atomic E-state index is -0.217. The number of hydrogen-bond donors (Lipinski definition) is 0. The molecular formula is C26H26FN3S. The van der Waals surface area contributed by atoms with Gasteiger partial charge in [0.15, 0.2) is 5.65 Å². The summed E-state index contributed by atoms with van der Waals surface area (Å²) in [6.07, 6.45) is 8.63. The Bertz CT molecular complexity index is 1340. The van der Waals surface area contributed by atoms with Crippen LogP contribution in [0.25, 0.3) is 31.9 Å². The Balaban J connectivity index is 1.98. The minimum Gasteiger partial charge on any atom is -0.231 e. The van der Waals surface area contributed by atoms with E-state index in [0.29, 0.717) is 0 Å². The monoisotopic (exact) mass is 431 g/mol. The number of imidazole rings is 1. The summed E-state index contributed by atoms with van der Waals surface area (Å²) in [5.41, 5.74) is 7.04. The molecule has 0 atom stereocenters. The largest absolute Gasteiger partial charge is 0.231 e. The fraction of sp³-hybridized carbons (Fsp3) is 0.231. The number of allylic oxidation sites excluding steroid dienone is 4. The van der Waals surface area contributed by atoms with Crippen LogP contribution in [0.2, 0.25) is 0 Å². The number of rotatable bonds is 7. The van der Waals surface area contributed by atoms with Gasteiger partial charge in [0.25, 0.3) is 0 Å². The normalized spacial score (nSPS) is 12.1. The molecule has 0 radical (unpaired) electrons. The highest BCUT2D eigenvalue weighted by molar-refractivity contribution is 7.22. The summed E-state index contributed by atoms with van der Waals surface area (Å²) in [6, 6.07) is 7.08. The molecule has 4 rings (SSSR count). The summed E-state index contributed by atoms with van der Waals surface area (Å²) in [5.74, 6) is -0.217. The van der Waals surface area contributed by atoms with Crippen LogP contribution in [0.4, 0.5) is 4.39 Å². The lowest BCUT2D eigenvalue weighted by Crippen LogP contribution is -2.01. The first-order chi connectivity index (χ1) is 14.9. The zero-order valence-corrected chi connectivity index (χ0v) is 19.0. The first-order valence-electron chi connectivity index (χ1n) is 10.4. The first kappa shape index (κ1) is 21.2. The van der Waals surface area contributed by atoms with E-state index in [9.17, 15) is 4.39 Å². The van der Waals surface area contributed by atoms with Gasteiger partial charge in [0.1, 0.15) is 11.5 Å². The highest BCUT2D eigenvalue weighted by Crippen LogP contribution is 2.40. The summed E-state index contributed by atoms with van der Waals surface area (Å²) in [7, 11) is 0. The van der Waals surface area contributed by atoms with Crippen molar-refractivity contribution in [2.75, 3.05) is 0 Å². The molecule has 1 aromatic carbocycles. The van der Waals surface area contributed by atoms with Crippen LogP contribution in [-0.4, -0.2) is 14.6 Å². The zero-order chi connectivity index (χ0) is 22.1. The van der Waals surface area contributed by atoms with Gasteiger partial charge in [-0.25, -0.2) is 13.9 Å². The highest BCUT2D eigenvalue weighted by Gasteiger charge is 2.21. The number of aromatic nitrogens is 3. The molecule has 158 valence electrons. The van der Waals surface area contributed by atoms with E-state index in [1.165, 1.54) is 11.6 Å². The Labute approximate surface area is 186 Å². The molecule has 0 fully saturated rings. The standard InChI is InChI=1S/C26H26FN3S/c1-6-8-10-19(11-9-7-2)22-14-16(3)29-30-24(18(5)28-26(22)30)25-17(4)21-15-20(27)12-13-23(21)31-25/h6-7,10,12-15H,1-2,8-9,11H2,3-5H3/b19-10-. The third kappa shape index (κ3) is 3.86. The van der Waals surface area contributed by atoms with Gasteiger partial charge in [0.2, 0.25) is 0 Å². The van der Waals surface area contributed by atoms with Crippen molar-refractivity contribution < 1.29 is 4.39 Å². The lowest BCUT2D eigenvalue weighted by molar-refractivity contribution is 0.630. The van der Waals surface area contributed by atoms with E-state index >= 15 is 0 Å². The van der Waals surface area contributed by atoms with Gasteiger partial charge in [0, 0.05) is 10.3 Å². The Morgan fingerprint density at radius 3 is 2.71 bits per heavy atom. The van der Waals surface area contributed by atoms with Crippen molar-refractivity contribution in [3.8, 4) is 10.6 Å². The van der Waals surface area contributed by atoms with Crippen LogP contribution in [-0.2, 0) is 0 Å². The van der Waals surface area contributed by atoms with Crippen molar-refractivity contribution in [2.45, 2.75) is 40.0 Å². The topological polar surface area (TPSA) is 30.2 Å². The van der Waals surface area contributed by atoms with E-state index in [1.54, 1.807) is 17.4 Å². The maximum Gasteiger partial charge on any atom is 0.162 e. The van der Waals surface area contributed by atoms with Gasteiger partial charge >= 0.3 is 0 Å².